The largest absolute Gasteiger partial charge is 0.380 e. The summed E-state index contributed by atoms with van der Waals surface area (Å²) in [6, 6.07) is 15.9. The number of nitrogens with one attached hydrogen (secondary N) is 1. The van der Waals surface area contributed by atoms with E-state index in [-0.39, 0.29) is 5.91 Å². The molecular weight excluding hydrogens is 312 g/mol. The normalized spacial score (nSPS) is 10.8. The van der Waals surface area contributed by atoms with Crippen molar-refractivity contribution < 1.29 is 9.53 Å². The molecule has 0 saturated carbocycles. The number of pyridine rings is 1. The predicted octanol–water partition coefficient (Wildman–Crippen LogP) is 3.93. The highest BCUT2D eigenvalue weighted by Gasteiger charge is 2.12. The molecule has 128 valence electrons. The van der Waals surface area contributed by atoms with Crippen molar-refractivity contribution in [1.29, 1.82) is 0 Å². The Morgan fingerprint density at radius 1 is 1.08 bits per heavy atom. The van der Waals surface area contributed by atoms with E-state index >= 15 is 0 Å². The van der Waals surface area contributed by atoms with E-state index in [1.165, 1.54) is 0 Å². The number of benzene rings is 2. The molecule has 0 saturated heterocycles. The highest BCUT2D eigenvalue weighted by Crippen LogP contribution is 2.18. The highest BCUT2D eigenvalue weighted by atomic mass is 16.5. The molecule has 0 atom stereocenters. The predicted molar refractivity (Wildman–Crippen MR) is 99.5 cm³/mol. The van der Waals surface area contributed by atoms with E-state index in [4.69, 9.17) is 4.74 Å². The van der Waals surface area contributed by atoms with Crippen molar-refractivity contribution in [2.75, 3.05) is 7.11 Å². The summed E-state index contributed by atoms with van der Waals surface area (Å²) in [6.45, 7) is 4.89. The minimum absolute atomic E-state index is 0.111. The second-order valence-corrected chi connectivity index (χ2v) is 6.20. The van der Waals surface area contributed by atoms with Gasteiger partial charge in [-0.05, 0) is 43.2 Å². The minimum atomic E-state index is -0.111. The van der Waals surface area contributed by atoms with Gasteiger partial charge in [-0.1, -0.05) is 35.9 Å². The van der Waals surface area contributed by atoms with Crippen LogP contribution in [-0.4, -0.2) is 18.0 Å². The van der Waals surface area contributed by atoms with E-state index in [1.54, 1.807) is 7.11 Å². The van der Waals surface area contributed by atoms with Crippen LogP contribution in [0.2, 0.25) is 0 Å². The fourth-order valence-electron chi connectivity index (χ4n) is 2.92. The number of rotatable bonds is 5. The molecule has 1 N–H and O–H groups in total. The number of aromatic nitrogens is 1. The molecule has 1 heterocycles. The van der Waals surface area contributed by atoms with Crippen LogP contribution in [0.5, 0.6) is 0 Å². The van der Waals surface area contributed by atoms with Gasteiger partial charge in [0.25, 0.3) is 5.91 Å². The Morgan fingerprint density at radius 2 is 1.84 bits per heavy atom. The van der Waals surface area contributed by atoms with E-state index in [2.05, 4.69) is 10.3 Å². The lowest BCUT2D eigenvalue weighted by Crippen LogP contribution is -2.24. The third-order valence-electron chi connectivity index (χ3n) is 4.26. The van der Waals surface area contributed by atoms with Crippen LogP contribution in [-0.2, 0) is 17.9 Å². The molecule has 4 heteroatoms. The van der Waals surface area contributed by atoms with Gasteiger partial charge < -0.3 is 10.1 Å². The number of amides is 1. The summed E-state index contributed by atoms with van der Waals surface area (Å²) in [7, 11) is 1.67. The summed E-state index contributed by atoms with van der Waals surface area (Å²) in [4.78, 5) is 17.2. The monoisotopic (exact) mass is 334 g/mol. The van der Waals surface area contributed by atoms with Crippen LogP contribution in [0.3, 0.4) is 0 Å². The minimum Gasteiger partial charge on any atom is -0.380 e. The van der Waals surface area contributed by atoms with Gasteiger partial charge in [0.05, 0.1) is 23.4 Å². The number of methoxy groups -OCH3 is 1. The average molecular weight is 334 g/mol. The first-order valence-electron chi connectivity index (χ1n) is 8.30. The smallest absolute Gasteiger partial charge is 0.253 e. The van der Waals surface area contributed by atoms with Crippen LogP contribution in [0.15, 0.2) is 48.5 Å². The number of nitrogens with zero attached hydrogens (tertiary/aromatic N) is 1. The summed E-state index contributed by atoms with van der Waals surface area (Å²) in [5.74, 6) is -0.111. The van der Waals surface area contributed by atoms with Crippen molar-refractivity contribution in [3.05, 3.63) is 76.5 Å². The van der Waals surface area contributed by atoms with E-state index in [9.17, 15) is 4.79 Å². The Hall–Kier alpha value is -2.72. The van der Waals surface area contributed by atoms with Crippen LogP contribution in [0.25, 0.3) is 10.9 Å². The zero-order valence-corrected chi connectivity index (χ0v) is 14.8. The fraction of sp³-hybridized carbons (Fsp3) is 0.238. The third kappa shape index (κ3) is 3.86. The standard InChI is InChI=1S/C21H22N2O2/c1-14-8-9-20-18(10-14)11-19(15(2)23-20)21(24)22-12-16-6-4-5-7-17(16)13-25-3/h4-11H,12-13H2,1-3H3,(H,22,24). The summed E-state index contributed by atoms with van der Waals surface area (Å²) in [5.41, 5.74) is 5.54. The lowest BCUT2D eigenvalue weighted by Gasteiger charge is -2.12. The zero-order chi connectivity index (χ0) is 17.8. The van der Waals surface area contributed by atoms with E-state index < -0.39 is 0 Å². The Balaban J connectivity index is 1.82. The van der Waals surface area contributed by atoms with Crippen molar-refractivity contribution in [2.24, 2.45) is 0 Å². The van der Waals surface area contributed by atoms with Crippen molar-refractivity contribution in [3.63, 3.8) is 0 Å². The van der Waals surface area contributed by atoms with Gasteiger partial charge >= 0.3 is 0 Å². The van der Waals surface area contributed by atoms with Crippen molar-refractivity contribution in [2.45, 2.75) is 27.0 Å². The quantitative estimate of drug-likeness (QED) is 0.769. The molecular formula is C21H22N2O2. The second-order valence-electron chi connectivity index (χ2n) is 6.20. The van der Waals surface area contributed by atoms with Gasteiger partial charge in [-0.2, -0.15) is 0 Å². The third-order valence-corrected chi connectivity index (χ3v) is 4.26. The number of carbonyl (C=O) groups is 1. The number of hydrogen-bond acceptors (Lipinski definition) is 3. The molecule has 1 amide bonds. The summed E-state index contributed by atoms with van der Waals surface area (Å²) >= 11 is 0. The Labute approximate surface area is 147 Å². The molecule has 1 aromatic heterocycles. The van der Waals surface area contributed by atoms with Crippen LogP contribution < -0.4 is 5.32 Å². The molecule has 0 aliphatic rings. The second kappa shape index (κ2) is 7.45. The Bertz CT molecular complexity index is 919. The maximum Gasteiger partial charge on any atom is 0.253 e. The highest BCUT2D eigenvalue weighted by molar-refractivity contribution is 5.98. The lowest BCUT2D eigenvalue weighted by atomic mass is 10.1. The maximum atomic E-state index is 12.7. The Morgan fingerprint density at radius 3 is 2.60 bits per heavy atom. The molecule has 0 bridgehead atoms. The molecule has 3 aromatic rings. The van der Waals surface area contributed by atoms with E-state index in [1.807, 2.05) is 62.4 Å². The molecule has 0 fully saturated rings. The van der Waals surface area contributed by atoms with E-state index in [0.29, 0.717) is 18.7 Å². The lowest BCUT2D eigenvalue weighted by molar-refractivity contribution is 0.0949. The molecule has 0 aliphatic carbocycles. The molecule has 0 spiro atoms. The number of hydrogen-bond donors (Lipinski definition) is 1. The van der Waals surface area contributed by atoms with Gasteiger partial charge in [-0.15, -0.1) is 0 Å². The van der Waals surface area contributed by atoms with Crippen LogP contribution in [0.1, 0.15) is 32.7 Å². The molecule has 0 aliphatic heterocycles. The molecule has 4 nitrogen and oxygen atoms in total. The summed E-state index contributed by atoms with van der Waals surface area (Å²) < 4.78 is 5.22. The number of aryl methyl sites for hydroxylation is 2. The van der Waals surface area contributed by atoms with Crippen molar-refractivity contribution in [3.8, 4) is 0 Å². The first-order chi connectivity index (χ1) is 12.1. The van der Waals surface area contributed by atoms with Gasteiger partial charge in [0, 0.05) is 19.0 Å². The van der Waals surface area contributed by atoms with Crippen LogP contribution >= 0.6 is 0 Å². The molecule has 2 aromatic carbocycles. The number of ether oxygens (including phenoxy) is 1. The number of carbonyl (C=O) groups excluding carboxylic acids is 1. The first kappa shape index (κ1) is 17.1. The molecule has 0 unspecified atom stereocenters. The van der Waals surface area contributed by atoms with Crippen LogP contribution in [0, 0.1) is 13.8 Å². The Kier molecular flexibility index (Phi) is 5.10. The topological polar surface area (TPSA) is 51.2 Å². The summed E-state index contributed by atoms with van der Waals surface area (Å²) in [6.07, 6.45) is 0. The molecule has 3 rings (SSSR count). The fourth-order valence-corrected chi connectivity index (χ4v) is 2.92. The van der Waals surface area contributed by atoms with Gasteiger partial charge in [0.1, 0.15) is 0 Å². The van der Waals surface area contributed by atoms with Gasteiger partial charge in [0.15, 0.2) is 0 Å². The maximum absolute atomic E-state index is 12.7. The van der Waals surface area contributed by atoms with Crippen molar-refractivity contribution >= 4 is 16.8 Å². The molecule has 0 radical (unpaired) electrons. The summed E-state index contributed by atoms with van der Waals surface area (Å²) in [5, 5.41) is 3.98. The first-order valence-corrected chi connectivity index (χ1v) is 8.30. The number of fused-ring (bicyclic) bond motifs is 1. The van der Waals surface area contributed by atoms with Gasteiger partial charge in [-0.3, -0.25) is 9.78 Å². The molecule has 25 heavy (non-hydrogen) atoms. The zero-order valence-electron chi connectivity index (χ0n) is 14.8. The van der Waals surface area contributed by atoms with E-state index in [0.717, 1.165) is 33.3 Å². The average Bonchev–Trinajstić information content (AvgIpc) is 2.61. The van der Waals surface area contributed by atoms with Gasteiger partial charge in [-0.25, -0.2) is 0 Å². The van der Waals surface area contributed by atoms with Crippen molar-refractivity contribution in [1.82, 2.24) is 10.3 Å². The SMILES string of the molecule is COCc1ccccc1CNC(=O)c1cc2cc(C)ccc2nc1C. The van der Waals surface area contributed by atoms with Gasteiger partial charge in [0.2, 0.25) is 0 Å². The van der Waals surface area contributed by atoms with Crippen LogP contribution in [0.4, 0.5) is 0 Å².